The number of phenolic OH excluding ortho intramolecular Hbond substituents is 1. The van der Waals surface area contributed by atoms with Crippen molar-refractivity contribution < 1.29 is 33.7 Å². The molecule has 3 heterocycles. The van der Waals surface area contributed by atoms with Gasteiger partial charge in [-0.05, 0) is 35.4 Å². The molecule has 2 saturated heterocycles. The second kappa shape index (κ2) is 8.63. The Morgan fingerprint density at radius 3 is 2.38 bits per heavy atom. The number of methoxy groups -OCH3 is 1. The lowest BCUT2D eigenvalue weighted by Crippen LogP contribution is -2.53. The molecular weight excluding hydrogens is 476 g/mol. The predicted molar refractivity (Wildman–Crippen MR) is 131 cm³/mol. The molecular formula is C28H24N2O7. The number of aromatic hydroxyl groups is 1. The molecule has 2 N–H and O–H groups in total. The van der Waals surface area contributed by atoms with E-state index in [2.05, 4.69) is 5.32 Å². The van der Waals surface area contributed by atoms with E-state index in [0.717, 1.165) is 4.90 Å². The normalized spacial score (nSPS) is 26.2. The van der Waals surface area contributed by atoms with Gasteiger partial charge in [0, 0.05) is 12.1 Å². The number of nitrogens with zero attached hydrogens (tertiary/aromatic N) is 1. The maximum atomic E-state index is 14.2. The number of imide groups is 1. The number of phenols is 1. The van der Waals surface area contributed by atoms with Gasteiger partial charge in [-0.2, -0.15) is 0 Å². The molecule has 3 aromatic carbocycles. The van der Waals surface area contributed by atoms with E-state index >= 15 is 0 Å². The zero-order valence-electron chi connectivity index (χ0n) is 19.9. The number of carbonyl (C=O) groups excluding carboxylic acids is 3. The molecule has 2 fully saturated rings. The Hall–Kier alpha value is -4.37. The van der Waals surface area contributed by atoms with Crippen molar-refractivity contribution in [3.8, 4) is 17.2 Å². The van der Waals surface area contributed by atoms with E-state index in [1.807, 2.05) is 6.07 Å². The summed E-state index contributed by atoms with van der Waals surface area (Å²) in [5, 5.41) is 13.2. The Labute approximate surface area is 212 Å². The van der Waals surface area contributed by atoms with Crippen LogP contribution < -0.4 is 19.7 Å². The number of carbonyl (C=O) groups is 3. The van der Waals surface area contributed by atoms with Crippen molar-refractivity contribution in [2.75, 3.05) is 25.2 Å². The van der Waals surface area contributed by atoms with Crippen LogP contribution in [0.5, 0.6) is 17.2 Å². The molecule has 3 aliphatic rings. The molecule has 4 atom stereocenters. The van der Waals surface area contributed by atoms with E-state index in [1.54, 1.807) is 54.6 Å². The number of hydrogen-bond acceptors (Lipinski definition) is 8. The van der Waals surface area contributed by atoms with E-state index in [1.165, 1.54) is 19.2 Å². The summed E-state index contributed by atoms with van der Waals surface area (Å²) in [6.45, 7) is 0.771. The molecule has 37 heavy (non-hydrogen) atoms. The first-order valence-electron chi connectivity index (χ1n) is 11.9. The number of amides is 2. The van der Waals surface area contributed by atoms with E-state index in [9.17, 15) is 19.5 Å². The third-order valence-electron chi connectivity index (χ3n) is 7.33. The minimum atomic E-state index is -1.61. The Bertz CT molecular complexity index is 1390. The van der Waals surface area contributed by atoms with Gasteiger partial charge in [0.1, 0.15) is 19.0 Å². The van der Waals surface area contributed by atoms with E-state index in [4.69, 9.17) is 14.2 Å². The van der Waals surface area contributed by atoms with Crippen LogP contribution in [0.1, 0.15) is 17.2 Å². The van der Waals surface area contributed by atoms with Crippen LogP contribution in [-0.2, 0) is 24.7 Å². The lowest BCUT2D eigenvalue weighted by Gasteiger charge is -2.33. The van der Waals surface area contributed by atoms with Crippen LogP contribution in [0.25, 0.3) is 0 Å². The molecule has 9 nitrogen and oxygen atoms in total. The maximum absolute atomic E-state index is 14.2. The summed E-state index contributed by atoms with van der Waals surface area (Å²) in [6, 6.07) is 19.4. The predicted octanol–water partition coefficient (Wildman–Crippen LogP) is 2.68. The molecule has 0 spiro atoms. The Kier molecular flexibility index (Phi) is 5.38. The number of esters is 1. The average molecular weight is 501 g/mol. The monoisotopic (exact) mass is 500 g/mol. The fourth-order valence-electron chi connectivity index (χ4n) is 5.73. The first-order valence-corrected chi connectivity index (χ1v) is 11.9. The number of nitrogens with one attached hydrogen (secondary N) is 1. The highest BCUT2D eigenvalue weighted by Gasteiger charge is 2.69. The van der Waals surface area contributed by atoms with Crippen LogP contribution >= 0.6 is 0 Å². The van der Waals surface area contributed by atoms with E-state index in [-0.39, 0.29) is 5.75 Å². The molecule has 2 amide bonds. The van der Waals surface area contributed by atoms with Gasteiger partial charge in [-0.25, -0.2) is 9.69 Å². The molecule has 188 valence electrons. The molecule has 6 rings (SSSR count). The minimum absolute atomic E-state index is 0.0623. The third-order valence-corrected chi connectivity index (χ3v) is 7.33. The van der Waals surface area contributed by atoms with Crippen molar-refractivity contribution in [3.05, 3.63) is 83.9 Å². The Morgan fingerprint density at radius 2 is 1.68 bits per heavy atom. The van der Waals surface area contributed by atoms with Gasteiger partial charge in [-0.1, -0.05) is 42.5 Å². The molecule has 0 aliphatic carbocycles. The second-order valence-corrected chi connectivity index (χ2v) is 9.22. The smallest absolute Gasteiger partial charge is 0.331 e. The molecule has 0 saturated carbocycles. The number of rotatable bonds is 4. The van der Waals surface area contributed by atoms with Crippen LogP contribution in [-0.4, -0.2) is 43.2 Å². The van der Waals surface area contributed by atoms with Crippen molar-refractivity contribution in [1.29, 1.82) is 0 Å². The van der Waals surface area contributed by atoms with Crippen LogP contribution in [0.2, 0.25) is 0 Å². The number of fused-ring (bicyclic) bond motifs is 2. The van der Waals surface area contributed by atoms with Crippen LogP contribution in [0, 0.1) is 11.8 Å². The quantitative estimate of drug-likeness (QED) is 0.415. The fraction of sp³-hybridized carbons (Fsp3) is 0.250. The van der Waals surface area contributed by atoms with Gasteiger partial charge in [0.2, 0.25) is 11.8 Å². The van der Waals surface area contributed by atoms with Crippen LogP contribution in [0.3, 0.4) is 0 Å². The highest BCUT2D eigenvalue weighted by molar-refractivity contribution is 6.24. The minimum Gasteiger partial charge on any atom is -0.508 e. The number of anilines is 1. The average Bonchev–Trinajstić information content (AvgIpc) is 3.43. The van der Waals surface area contributed by atoms with E-state index < -0.39 is 41.2 Å². The van der Waals surface area contributed by atoms with Crippen molar-refractivity contribution >= 4 is 23.5 Å². The summed E-state index contributed by atoms with van der Waals surface area (Å²) < 4.78 is 16.5. The van der Waals surface area contributed by atoms with Gasteiger partial charge in [-0.15, -0.1) is 0 Å². The Balaban J connectivity index is 1.52. The summed E-state index contributed by atoms with van der Waals surface area (Å²) in [7, 11) is 1.26. The highest BCUT2D eigenvalue weighted by Crippen LogP contribution is 2.54. The second-order valence-electron chi connectivity index (χ2n) is 9.22. The summed E-state index contributed by atoms with van der Waals surface area (Å²) in [4.78, 5) is 42.9. The van der Waals surface area contributed by atoms with Gasteiger partial charge in [0.05, 0.1) is 24.6 Å². The lowest BCUT2D eigenvalue weighted by molar-refractivity contribution is -0.152. The van der Waals surface area contributed by atoms with E-state index in [0.29, 0.717) is 41.5 Å². The van der Waals surface area contributed by atoms with Gasteiger partial charge in [0.15, 0.2) is 17.0 Å². The van der Waals surface area contributed by atoms with Crippen molar-refractivity contribution in [2.24, 2.45) is 11.8 Å². The van der Waals surface area contributed by atoms with Crippen LogP contribution in [0.4, 0.5) is 5.69 Å². The number of hydrogen-bond donors (Lipinski definition) is 2. The molecule has 9 heteroatoms. The molecule has 3 aliphatic heterocycles. The lowest BCUT2D eigenvalue weighted by atomic mass is 9.75. The third kappa shape index (κ3) is 3.38. The van der Waals surface area contributed by atoms with Gasteiger partial charge < -0.3 is 19.3 Å². The van der Waals surface area contributed by atoms with Crippen LogP contribution in [0.15, 0.2) is 72.8 Å². The number of ether oxygens (including phenoxy) is 3. The fourth-order valence-corrected chi connectivity index (χ4v) is 5.73. The Morgan fingerprint density at radius 1 is 0.973 bits per heavy atom. The summed E-state index contributed by atoms with van der Waals surface area (Å²) in [6.07, 6.45) is 0. The van der Waals surface area contributed by atoms with Crippen molar-refractivity contribution in [3.63, 3.8) is 0 Å². The zero-order valence-corrected chi connectivity index (χ0v) is 19.9. The largest absolute Gasteiger partial charge is 0.508 e. The summed E-state index contributed by atoms with van der Waals surface area (Å²) in [5.41, 5.74) is -0.105. The molecule has 0 radical (unpaired) electrons. The highest BCUT2D eigenvalue weighted by atomic mass is 16.6. The first kappa shape index (κ1) is 23.1. The first-order chi connectivity index (χ1) is 18.0. The van der Waals surface area contributed by atoms with Crippen molar-refractivity contribution in [2.45, 2.75) is 11.6 Å². The summed E-state index contributed by atoms with van der Waals surface area (Å²) in [5.74, 6) is -2.59. The molecule has 0 unspecified atom stereocenters. The maximum Gasteiger partial charge on any atom is 0.331 e. The SMILES string of the molecule is COC(=O)[C@]1(c2ccccc2)N[C@H](c2ccc(O)cc2)[C@@H]2C(=O)N(c3ccc4c(c3)OCCO4)C(=O)[C@H]21. The number of benzene rings is 3. The molecule has 0 bridgehead atoms. The van der Waals surface area contributed by atoms with Gasteiger partial charge >= 0.3 is 5.97 Å². The molecule has 3 aromatic rings. The van der Waals surface area contributed by atoms with Gasteiger partial charge in [-0.3, -0.25) is 14.9 Å². The van der Waals surface area contributed by atoms with Gasteiger partial charge in [0.25, 0.3) is 0 Å². The summed E-state index contributed by atoms with van der Waals surface area (Å²) >= 11 is 0. The molecule has 0 aromatic heterocycles. The van der Waals surface area contributed by atoms with Crippen molar-refractivity contribution in [1.82, 2.24) is 5.32 Å². The zero-order chi connectivity index (χ0) is 25.7. The standard InChI is InChI=1S/C28H24N2O7/c1-35-27(34)28(17-5-3-2-4-6-17)23-22(24(29-28)16-7-10-19(31)11-8-16)25(32)30(26(23)33)18-9-12-20-21(15-18)37-14-13-36-20/h2-12,15,22-24,29,31H,13-14H2,1H3/t22-,23+,24-,28-/m1/s1. The topological polar surface area (TPSA) is 114 Å².